The number of fused-ring (bicyclic) bond motifs is 1. The Morgan fingerprint density at radius 3 is 2.89 bits per heavy atom. The fraction of sp³-hybridized carbons (Fsp3) is 0.0500. The zero-order valence-electron chi connectivity index (χ0n) is 14.4. The highest BCUT2D eigenvalue weighted by atomic mass is 19.2. The summed E-state index contributed by atoms with van der Waals surface area (Å²) in [6.07, 6.45) is 5.21. The van der Waals surface area contributed by atoms with Crippen molar-refractivity contribution in [3.05, 3.63) is 78.5 Å². The van der Waals surface area contributed by atoms with E-state index >= 15 is 0 Å². The number of aromatic amines is 1. The SMILES string of the molecule is Fc1cccc(-c2nc3cc[n+](Cc4cc(-c5ccco5)no4)cc3[nH]2)c1F. The van der Waals surface area contributed by atoms with E-state index in [2.05, 4.69) is 15.1 Å². The normalized spacial score (nSPS) is 11.4. The Labute approximate surface area is 157 Å². The predicted molar refractivity (Wildman–Crippen MR) is 94.9 cm³/mol. The Balaban J connectivity index is 1.45. The molecule has 0 radical (unpaired) electrons. The number of nitrogens with one attached hydrogen (secondary N) is 1. The third-order valence-corrected chi connectivity index (χ3v) is 4.36. The van der Waals surface area contributed by atoms with Crippen molar-refractivity contribution in [2.75, 3.05) is 0 Å². The third-order valence-electron chi connectivity index (χ3n) is 4.36. The smallest absolute Gasteiger partial charge is 0.208 e. The van der Waals surface area contributed by atoms with E-state index in [1.54, 1.807) is 30.5 Å². The molecule has 0 aliphatic heterocycles. The number of rotatable bonds is 4. The number of hydrogen-bond acceptors (Lipinski definition) is 4. The van der Waals surface area contributed by atoms with Crippen molar-refractivity contribution in [2.45, 2.75) is 6.54 Å². The van der Waals surface area contributed by atoms with Gasteiger partial charge in [0.25, 0.3) is 0 Å². The molecule has 8 heteroatoms. The van der Waals surface area contributed by atoms with Crippen LogP contribution in [0.4, 0.5) is 8.78 Å². The zero-order valence-corrected chi connectivity index (χ0v) is 14.4. The minimum atomic E-state index is -0.929. The summed E-state index contributed by atoms with van der Waals surface area (Å²) in [5.41, 5.74) is 2.03. The first-order valence-corrected chi connectivity index (χ1v) is 8.50. The lowest BCUT2D eigenvalue weighted by Crippen LogP contribution is -2.32. The fourth-order valence-electron chi connectivity index (χ4n) is 3.02. The number of aromatic nitrogens is 4. The largest absolute Gasteiger partial charge is 0.463 e. The number of halogens is 2. The van der Waals surface area contributed by atoms with E-state index < -0.39 is 11.6 Å². The second kappa shape index (κ2) is 6.41. The summed E-state index contributed by atoms with van der Waals surface area (Å²) >= 11 is 0. The summed E-state index contributed by atoms with van der Waals surface area (Å²) in [5.74, 6) is -0.297. The third kappa shape index (κ3) is 2.84. The number of benzene rings is 1. The van der Waals surface area contributed by atoms with Crippen LogP contribution in [0.5, 0.6) is 0 Å². The molecule has 0 amide bonds. The van der Waals surface area contributed by atoms with Gasteiger partial charge in [0.1, 0.15) is 22.6 Å². The quantitative estimate of drug-likeness (QED) is 0.478. The topological polar surface area (TPSA) is 71.7 Å². The summed E-state index contributed by atoms with van der Waals surface area (Å²) in [6.45, 7) is 0.437. The molecule has 0 fully saturated rings. The van der Waals surface area contributed by atoms with E-state index in [1.807, 2.05) is 17.0 Å². The molecule has 28 heavy (non-hydrogen) atoms. The molecule has 138 valence electrons. The molecule has 1 aromatic carbocycles. The molecule has 0 bridgehead atoms. The van der Waals surface area contributed by atoms with Crippen LogP contribution < -0.4 is 4.57 Å². The average molecular weight is 379 g/mol. The van der Waals surface area contributed by atoms with E-state index in [0.29, 0.717) is 34.8 Å². The molecular formula is C20H13F2N4O2+. The number of imidazole rings is 1. The van der Waals surface area contributed by atoms with Gasteiger partial charge in [-0.1, -0.05) is 11.2 Å². The molecule has 1 N–H and O–H groups in total. The van der Waals surface area contributed by atoms with Crippen LogP contribution in [-0.2, 0) is 6.54 Å². The van der Waals surface area contributed by atoms with E-state index in [4.69, 9.17) is 8.94 Å². The molecular weight excluding hydrogens is 366 g/mol. The van der Waals surface area contributed by atoms with Crippen molar-refractivity contribution in [1.82, 2.24) is 15.1 Å². The van der Waals surface area contributed by atoms with Crippen molar-refractivity contribution < 1.29 is 22.3 Å². The molecule has 0 unspecified atom stereocenters. The molecule has 0 spiro atoms. The van der Waals surface area contributed by atoms with Crippen molar-refractivity contribution in [3.63, 3.8) is 0 Å². The second-order valence-electron chi connectivity index (χ2n) is 6.26. The number of pyridine rings is 1. The maximum Gasteiger partial charge on any atom is 0.208 e. The molecule has 6 nitrogen and oxygen atoms in total. The average Bonchev–Trinajstić information content (AvgIpc) is 3.43. The molecule has 0 saturated heterocycles. The van der Waals surface area contributed by atoms with Crippen molar-refractivity contribution in [3.8, 4) is 22.8 Å². The number of H-pyrrole nitrogens is 1. The fourth-order valence-corrected chi connectivity index (χ4v) is 3.02. The Morgan fingerprint density at radius 1 is 1.11 bits per heavy atom. The van der Waals surface area contributed by atoms with Gasteiger partial charge in [0.15, 0.2) is 29.8 Å². The first-order valence-electron chi connectivity index (χ1n) is 8.50. The Kier molecular flexibility index (Phi) is 3.75. The number of nitrogens with zero attached hydrogens (tertiary/aromatic N) is 3. The molecule has 4 aromatic heterocycles. The lowest BCUT2D eigenvalue weighted by atomic mass is 10.2. The van der Waals surface area contributed by atoms with Gasteiger partial charge in [-0.2, -0.15) is 4.57 Å². The lowest BCUT2D eigenvalue weighted by Gasteiger charge is -1.99. The van der Waals surface area contributed by atoms with Crippen LogP contribution in [0.25, 0.3) is 33.9 Å². The van der Waals surface area contributed by atoms with Gasteiger partial charge in [-0.3, -0.25) is 0 Å². The summed E-state index contributed by atoms with van der Waals surface area (Å²) in [4.78, 5) is 7.38. The van der Waals surface area contributed by atoms with E-state index in [1.165, 1.54) is 12.1 Å². The standard InChI is InChI=1S/C20H12F2N4O2/c21-14-4-1-3-13(19(14)22)20-23-15-6-7-26(11-17(15)24-20)10-12-9-16(25-28-12)18-5-2-8-27-18/h1-9,11H,10H2/p+1. The van der Waals surface area contributed by atoms with Crippen LogP contribution in [-0.4, -0.2) is 15.1 Å². The molecule has 0 saturated carbocycles. The van der Waals surface area contributed by atoms with Crippen molar-refractivity contribution in [1.29, 1.82) is 0 Å². The Hall–Kier alpha value is -3.81. The Morgan fingerprint density at radius 2 is 2.04 bits per heavy atom. The highest BCUT2D eigenvalue weighted by Crippen LogP contribution is 2.24. The van der Waals surface area contributed by atoms with Gasteiger partial charge in [0.2, 0.25) is 12.3 Å². The Bertz CT molecular complexity index is 1270. The van der Waals surface area contributed by atoms with E-state index in [9.17, 15) is 8.78 Å². The summed E-state index contributed by atoms with van der Waals surface area (Å²) < 4.78 is 40.1. The van der Waals surface area contributed by atoms with E-state index in [-0.39, 0.29) is 11.4 Å². The van der Waals surface area contributed by atoms with Crippen LogP contribution in [0.3, 0.4) is 0 Å². The lowest BCUT2D eigenvalue weighted by molar-refractivity contribution is -0.688. The summed E-state index contributed by atoms with van der Waals surface area (Å²) in [5, 5.41) is 4.00. The molecule has 5 rings (SSSR count). The van der Waals surface area contributed by atoms with Crippen LogP contribution in [0, 0.1) is 11.6 Å². The molecule has 0 aliphatic carbocycles. The molecule has 0 atom stereocenters. The predicted octanol–water partition coefficient (Wildman–Crippen LogP) is 4.09. The van der Waals surface area contributed by atoms with Gasteiger partial charge in [0, 0.05) is 12.1 Å². The maximum atomic E-state index is 14.0. The molecule has 5 aromatic rings. The van der Waals surface area contributed by atoms with Gasteiger partial charge in [-0.25, -0.2) is 13.8 Å². The van der Waals surface area contributed by atoms with Crippen LogP contribution in [0.1, 0.15) is 5.76 Å². The van der Waals surface area contributed by atoms with Gasteiger partial charge < -0.3 is 13.9 Å². The second-order valence-corrected chi connectivity index (χ2v) is 6.26. The first kappa shape index (κ1) is 16.4. The highest BCUT2D eigenvalue weighted by Gasteiger charge is 2.17. The maximum absolute atomic E-state index is 14.0. The minimum absolute atomic E-state index is 0.0843. The van der Waals surface area contributed by atoms with Crippen molar-refractivity contribution in [2.24, 2.45) is 0 Å². The van der Waals surface area contributed by atoms with Crippen molar-refractivity contribution >= 4 is 11.0 Å². The van der Waals surface area contributed by atoms with Crippen LogP contribution >= 0.6 is 0 Å². The first-order chi connectivity index (χ1) is 13.7. The number of hydrogen-bond donors (Lipinski definition) is 1. The van der Waals surface area contributed by atoms with Gasteiger partial charge >= 0.3 is 0 Å². The monoisotopic (exact) mass is 379 g/mol. The van der Waals surface area contributed by atoms with Crippen LogP contribution in [0.2, 0.25) is 0 Å². The molecule has 4 heterocycles. The van der Waals surface area contributed by atoms with Crippen LogP contribution in [0.15, 0.2) is 70.1 Å². The van der Waals surface area contributed by atoms with Gasteiger partial charge in [-0.05, 0) is 24.3 Å². The molecule has 0 aliphatic rings. The highest BCUT2D eigenvalue weighted by molar-refractivity contribution is 5.77. The zero-order chi connectivity index (χ0) is 19.1. The van der Waals surface area contributed by atoms with E-state index in [0.717, 1.165) is 6.07 Å². The summed E-state index contributed by atoms with van der Waals surface area (Å²) in [6, 6.07) is 11.2. The number of furan rings is 1. The van der Waals surface area contributed by atoms with Gasteiger partial charge in [0.05, 0.1) is 11.8 Å². The minimum Gasteiger partial charge on any atom is -0.463 e. The summed E-state index contributed by atoms with van der Waals surface area (Å²) in [7, 11) is 0. The van der Waals surface area contributed by atoms with Gasteiger partial charge in [-0.15, -0.1) is 0 Å².